The number of hydrogen-bond acceptors (Lipinski definition) is 4. The maximum atomic E-state index is 13.5. The maximum Gasteiger partial charge on any atom is 0.255 e. The Morgan fingerprint density at radius 3 is 2.33 bits per heavy atom. The van der Waals surface area contributed by atoms with Crippen LogP contribution in [-0.4, -0.2) is 30.9 Å². The molecule has 0 fully saturated rings. The Labute approximate surface area is 209 Å². The van der Waals surface area contributed by atoms with Gasteiger partial charge in [0, 0.05) is 31.1 Å². The van der Waals surface area contributed by atoms with Crippen molar-refractivity contribution in [2.45, 2.75) is 32.9 Å². The molecule has 0 aliphatic heterocycles. The topological polar surface area (TPSA) is 83.4 Å². The molecule has 7 heteroatoms. The summed E-state index contributed by atoms with van der Waals surface area (Å²) in [5.74, 6) is -0.296. The molecule has 0 radical (unpaired) electrons. The van der Waals surface area contributed by atoms with E-state index >= 15 is 0 Å². The Hall–Kier alpha value is -3.97. The van der Waals surface area contributed by atoms with Crippen molar-refractivity contribution in [3.8, 4) is 22.5 Å². The van der Waals surface area contributed by atoms with E-state index in [9.17, 15) is 14.0 Å². The van der Waals surface area contributed by atoms with Gasteiger partial charge in [-0.2, -0.15) is 0 Å². The number of likely N-dealkylation sites (N-methyl/N-ethyl adjacent to an activating group) is 1. The van der Waals surface area contributed by atoms with Crippen molar-refractivity contribution < 1.29 is 18.4 Å². The van der Waals surface area contributed by atoms with E-state index in [-0.39, 0.29) is 17.6 Å². The molecule has 4 aromatic rings. The standard InChI is InChI=1S/C29H30FN3O3/c1-5-32-28(35)29(2,3)33-17-18-7-6-8-20(15-18)21-11-14-24-23(16-21)25(27(34)31-4)26(36-24)19-9-12-22(30)13-10-19/h6-16,33H,5,17H2,1-4H3,(H,31,34)(H,32,35). The number of nitrogens with one attached hydrogen (secondary N) is 3. The molecule has 186 valence electrons. The maximum absolute atomic E-state index is 13.5. The summed E-state index contributed by atoms with van der Waals surface area (Å²) in [5.41, 5.74) is 3.80. The van der Waals surface area contributed by atoms with E-state index in [0.717, 1.165) is 16.7 Å². The number of benzene rings is 3. The van der Waals surface area contributed by atoms with E-state index in [4.69, 9.17) is 4.42 Å². The monoisotopic (exact) mass is 487 g/mol. The molecular formula is C29H30FN3O3. The number of carbonyl (C=O) groups is 2. The van der Waals surface area contributed by atoms with Crippen molar-refractivity contribution >= 4 is 22.8 Å². The fourth-order valence-corrected chi connectivity index (χ4v) is 4.08. The van der Waals surface area contributed by atoms with E-state index < -0.39 is 5.54 Å². The van der Waals surface area contributed by atoms with Crippen LogP contribution in [0.4, 0.5) is 4.39 Å². The highest BCUT2D eigenvalue weighted by Gasteiger charge is 2.26. The van der Waals surface area contributed by atoms with Gasteiger partial charge in [0.05, 0.1) is 11.1 Å². The second-order valence-corrected chi connectivity index (χ2v) is 9.14. The first-order valence-corrected chi connectivity index (χ1v) is 11.9. The second-order valence-electron chi connectivity index (χ2n) is 9.14. The number of fused-ring (bicyclic) bond motifs is 1. The van der Waals surface area contributed by atoms with Crippen molar-refractivity contribution in [1.82, 2.24) is 16.0 Å². The van der Waals surface area contributed by atoms with Crippen molar-refractivity contribution in [3.05, 3.63) is 83.7 Å². The summed E-state index contributed by atoms with van der Waals surface area (Å²) in [5, 5.41) is 9.53. The normalized spacial score (nSPS) is 11.5. The van der Waals surface area contributed by atoms with Gasteiger partial charge in [0.15, 0.2) is 0 Å². The molecule has 6 nitrogen and oxygen atoms in total. The van der Waals surface area contributed by atoms with Gasteiger partial charge in [-0.15, -0.1) is 0 Å². The van der Waals surface area contributed by atoms with Crippen LogP contribution in [0.3, 0.4) is 0 Å². The Morgan fingerprint density at radius 2 is 1.64 bits per heavy atom. The van der Waals surface area contributed by atoms with E-state index in [2.05, 4.69) is 22.0 Å². The second kappa shape index (κ2) is 10.3. The summed E-state index contributed by atoms with van der Waals surface area (Å²) in [4.78, 5) is 25.1. The number of rotatable bonds is 8. The van der Waals surface area contributed by atoms with Crippen LogP contribution in [0, 0.1) is 5.82 Å². The van der Waals surface area contributed by atoms with Crippen molar-refractivity contribution in [2.75, 3.05) is 13.6 Å². The summed E-state index contributed by atoms with van der Waals surface area (Å²) < 4.78 is 19.5. The van der Waals surface area contributed by atoms with Crippen LogP contribution in [0.2, 0.25) is 0 Å². The summed E-state index contributed by atoms with van der Waals surface area (Å²) in [6.45, 7) is 6.70. The van der Waals surface area contributed by atoms with E-state index in [1.54, 1.807) is 19.2 Å². The molecule has 1 heterocycles. The highest BCUT2D eigenvalue weighted by molar-refractivity contribution is 6.11. The summed E-state index contributed by atoms with van der Waals surface area (Å²) >= 11 is 0. The van der Waals surface area contributed by atoms with Gasteiger partial charge >= 0.3 is 0 Å². The third kappa shape index (κ3) is 5.16. The van der Waals surface area contributed by atoms with Crippen LogP contribution in [0.15, 0.2) is 71.1 Å². The zero-order valence-corrected chi connectivity index (χ0v) is 20.9. The van der Waals surface area contributed by atoms with E-state index in [0.29, 0.717) is 40.9 Å². The lowest BCUT2D eigenvalue weighted by Gasteiger charge is -2.25. The molecule has 36 heavy (non-hydrogen) atoms. The van der Waals surface area contributed by atoms with Gasteiger partial charge in [-0.3, -0.25) is 14.9 Å². The molecule has 2 amide bonds. The fourth-order valence-electron chi connectivity index (χ4n) is 4.08. The Morgan fingerprint density at radius 1 is 0.944 bits per heavy atom. The molecule has 1 aromatic heterocycles. The van der Waals surface area contributed by atoms with Crippen LogP contribution in [0.1, 0.15) is 36.7 Å². The molecule has 4 rings (SSSR count). The van der Waals surface area contributed by atoms with Crippen molar-refractivity contribution in [2.24, 2.45) is 0 Å². The molecular weight excluding hydrogens is 457 g/mol. The third-order valence-corrected chi connectivity index (χ3v) is 6.15. The Bertz CT molecular complexity index is 1410. The van der Waals surface area contributed by atoms with Gasteiger partial charge in [0.1, 0.15) is 17.2 Å². The summed E-state index contributed by atoms with van der Waals surface area (Å²) in [6, 6.07) is 19.6. The number of hydrogen-bond donors (Lipinski definition) is 3. The molecule has 0 unspecified atom stereocenters. The average Bonchev–Trinajstić information content (AvgIpc) is 3.26. The Balaban J connectivity index is 1.69. The molecule has 0 spiro atoms. The molecule has 3 N–H and O–H groups in total. The van der Waals surface area contributed by atoms with Crippen LogP contribution in [0.25, 0.3) is 33.4 Å². The van der Waals surface area contributed by atoms with Crippen LogP contribution < -0.4 is 16.0 Å². The third-order valence-electron chi connectivity index (χ3n) is 6.15. The first-order valence-electron chi connectivity index (χ1n) is 11.9. The zero-order valence-electron chi connectivity index (χ0n) is 20.9. The Kier molecular flexibility index (Phi) is 7.22. The molecule has 0 atom stereocenters. The van der Waals surface area contributed by atoms with Crippen LogP contribution in [0.5, 0.6) is 0 Å². The SMILES string of the molecule is CCNC(=O)C(C)(C)NCc1cccc(-c2ccc3oc(-c4ccc(F)cc4)c(C(=O)NC)c3c2)c1. The van der Waals surface area contributed by atoms with Crippen LogP contribution in [-0.2, 0) is 11.3 Å². The first-order chi connectivity index (χ1) is 17.2. The number of amides is 2. The lowest BCUT2D eigenvalue weighted by molar-refractivity contribution is -0.126. The number of carbonyl (C=O) groups excluding carboxylic acids is 2. The predicted octanol–water partition coefficient (Wildman–Crippen LogP) is 5.27. The quantitative estimate of drug-likeness (QED) is 0.316. The van der Waals surface area contributed by atoms with E-state index in [1.165, 1.54) is 12.1 Å². The van der Waals surface area contributed by atoms with Gasteiger partial charge in [0.25, 0.3) is 5.91 Å². The van der Waals surface area contributed by atoms with Crippen LogP contribution >= 0.6 is 0 Å². The van der Waals surface area contributed by atoms with Gasteiger partial charge in [-0.25, -0.2) is 4.39 Å². The molecule has 0 aliphatic rings. The molecule has 0 aliphatic carbocycles. The first kappa shape index (κ1) is 25.1. The highest BCUT2D eigenvalue weighted by Crippen LogP contribution is 2.36. The van der Waals surface area contributed by atoms with Gasteiger partial charge in [-0.1, -0.05) is 24.3 Å². The average molecular weight is 488 g/mol. The predicted molar refractivity (Wildman–Crippen MR) is 140 cm³/mol. The fraction of sp³-hybridized carbons (Fsp3) is 0.241. The minimum atomic E-state index is -0.707. The lowest BCUT2D eigenvalue weighted by atomic mass is 9.98. The molecule has 0 saturated carbocycles. The largest absolute Gasteiger partial charge is 0.455 e. The summed E-state index contributed by atoms with van der Waals surface area (Å²) in [7, 11) is 1.57. The smallest absolute Gasteiger partial charge is 0.255 e. The van der Waals surface area contributed by atoms with Crippen molar-refractivity contribution in [1.29, 1.82) is 0 Å². The molecule has 0 bridgehead atoms. The van der Waals surface area contributed by atoms with E-state index in [1.807, 2.05) is 57.2 Å². The van der Waals surface area contributed by atoms with Gasteiger partial charge in [-0.05, 0) is 79.9 Å². The summed E-state index contributed by atoms with van der Waals surface area (Å²) in [6.07, 6.45) is 0. The van der Waals surface area contributed by atoms with Crippen molar-refractivity contribution in [3.63, 3.8) is 0 Å². The highest BCUT2D eigenvalue weighted by atomic mass is 19.1. The van der Waals surface area contributed by atoms with Gasteiger partial charge in [0.2, 0.25) is 5.91 Å². The molecule has 3 aromatic carbocycles. The number of furan rings is 1. The minimum Gasteiger partial charge on any atom is -0.455 e. The number of halogens is 1. The molecule has 0 saturated heterocycles. The zero-order chi connectivity index (χ0) is 25.9. The minimum absolute atomic E-state index is 0.0507. The lowest BCUT2D eigenvalue weighted by Crippen LogP contribution is -2.52. The van der Waals surface area contributed by atoms with Gasteiger partial charge < -0.3 is 15.1 Å².